The van der Waals surface area contributed by atoms with Crippen LogP contribution in [0.15, 0.2) is 24.3 Å². The second-order valence-electron chi connectivity index (χ2n) is 5.84. The van der Waals surface area contributed by atoms with Crippen molar-refractivity contribution in [1.29, 1.82) is 0 Å². The lowest BCUT2D eigenvalue weighted by Crippen LogP contribution is -2.49. The fourth-order valence-electron chi connectivity index (χ4n) is 2.89. The third kappa shape index (κ3) is 4.00. The molecule has 2 fully saturated rings. The number of hydrogen-bond donors (Lipinski definition) is 2. The number of nitrogens with zero attached hydrogens (tertiary/aromatic N) is 1. The van der Waals surface area contributed by atoms with Gasteiger partial charge in [0.25, 0.3) is 5.91 Å². The molecule has 2 aliphatic heterocycles. The van der Waals surface area contributed by atoms with Gasteiger partial charge in [0.05, 0.1) is 5.88 Å². The summed E-state index contributed by atoms with van der Waals surface area (Å²) < 4.78 is 0. The van der Waals surface area contributed by atoms with Crippen LogP contribution in [0.25, 0.3) is 0 Å². The lowest BCUT2D eigenvalue weighted by atomic mass is 10.1. The van der Waals surface area contributed by atoms with Gasteiger partial charge in [0, 0.05) is 28.9 Å². The molecule has 0 aromatic heterocycles. The predicted molar refractivity (Wildman–Crippen MR) is 92.8 cm³/mol. The Hall–Kier alpha value is -1.24. The van der Waals surface area contributed by atoms with Crippen molar-refractivity contribution in [3.8, 4) is 0 Å². The first-order valence-corrected chi connectivity index (χ1v) is 9.34. The average Bonchev–Trinajstić information content (AvgIpc) is 3.24. The molecule has 0 saturated carbocycles. The molecule has 2 unspecified atom stereocenters. The lowest BCUT2D eigenvalue weighted by molar-refractivity contribution is -0.124. The first-order chi connectivity index (χ1) is 11.1. The Bertz CT molecular complexity index is 575. The molecule has 2 atom stereocenters. The number of thioether (sulfide) groups is 1. The zero-order chi connectivity index (χ0) is 16.2. The molecule has 2 heterocycles. The molecule has 2 amide bonds. The fourth-order valence-corrected chi connectivity index (χ4v) is 4.17. The van der Waals surface area contributed by atoms with Crippen LogP contribution in [-0.4, -0.2) is 53.5 Å². The summed E-state index contributed by atoms with van der Waals surface area (Å²) in [7, 11) is 0. The van der Waals surface area contributed by atoms with Gasteiger partial charge >= 0.3 is 0 Å². The smallest absolute Gasteiger partial charge is 0.255 e. The van der Waals surface area contributed by atoms with E-state index in [1.807, 2.05) is 0 Å². The maximum atomic E-state index is 12.6. The van der Waals surface area contributed by atoms with Gasteiger partial charge in [0.1, 0.15) is 6.04 Å². The zero-order valence-electron chi connectivity index (χ0n) is 12.8. The van der Waals surface area contributed by atoms with Crippen molar-refractivity contribution >= 4 is 35.2 Å². The Balaban J connectivity index is 1.61. The molecule has 1 aromatic rings. The number of benzene rings is 1. The van der Waals surface area contributed by atoms with Crippen molar-refractivity contribution < 1.29 is 9.59 Å². The van der Waals surface area contributed by atoms with Crippen LogP contribution in [0.4, 0.5) is 0 Å². The summed E-state index contributed by atoms with van der Waals surface area (Å²) in [6, 6.07) is 6.74. The number of rotatable bonds is 4. The molecule has 2 saturated heterocycles. The molecule has 23 heavy (non-hydrogen) atoms. The fraction of sp³-hybridized carbons (Fsp3) is 0.500. The highest BCUT2D eigenvalue weighted by Crippen LogP contribution is 2.24. The molecular weight excluding hydrogens is 334 g/mol. The highest BCUT2D eigenvalue weighted by Gasteiger charge is 2.35. The van der Waals surface area contributed by atoms with Gasteiger partial charge in [-0.25, -0.2) is 0 Å². The van der Waals surface area contributed by atoms with E-state index < -0.39 is 6.04 Å². The molecule has 0 bridgehead atoms. The second-order valence-corrected chi connectivity index (χ2v) is 7.27. The summed E-state index contributed by atoms with van der Waals surface area (Å²) in [5, 5.41) is 6.93. The minimum Gasteiger partial charge on any atom is -0.353 e. The van der Waals surface area contributed by atoms with Crippen molar-refractivity contribution in [3.63, 3.8) is 0 Å². The summed E-state index contributed by atoms with van der Waals surface area (Å²) in [6.45, 7) is 1.64. The molecule has 0 spiro atoms. The van der Waals surface area contributed by atoms with Crippen LogP contribution in [-0.2, 0) is 4.79 Å². The normalized spacial score (nSPS) is 24.0. The molecule has 1 aromatic carbocycles. The highest BCUT2D eigenvalue weighted by molar-refractivity contribution is 7.99. The van der Waals surface area contributed by atoms with E-state index >= 15 is 0 Å². The Morgan fingerprint density at radius 1 is 1.35 bits per heavy atom. The molecule has 5 nitrogen and oxygen atoms in total. The topological polar surface area (TPSA) is 61.4 Å². The Kier molecular flexibility index (Phi) is 5.46. The largest absolute Gasteiger partial charge is 0.353 e. The summed E-state index contributed by atoms with van der Waals surface area (Å²) in [6.07, 6.45) is 2.24. The number of halogens is 1. The maximum absolute atomic E-state index is 12.6. The van der Waals surface area contributed by atoms with Crippen LogP contribution in [0.1, 0.15) is 23.2 Å². The number of carbonyl (C=O) groups excluding carboxylic acids is 2. The van der Waals surface area contributed by atoms with E-state index in [4.69, 9.17) is 11.6 Å². The number of carbonyl (C=O) groups is 2. The van der Waals surface area contributed by atoms with Crippen LogP contribution in [0.5, 0.6) is 0 Å². The molecule has 7 heteroatoms. The van der Waals surface area contributed by atoms with Gasteiger partial charge in [0.2, 0.25) is 5.91 Å². The first kappa shape index (κ1) is 16.6. The highest BCUT2D eigenvalue weighted by atomic mass is 35.5. The molecule has 2 aliphatic rings. The van der Waals surface area contributed by atoms with Crippen molar-refractivity contribution in [2.45, 2.75) is 24.9 Å². The van der Waals surface area contributed by atoms with Crippen molar-refractivity contribution in [3.05, 3.63) is 34.9 Å². The second kappa shape index (κ2) is 7.55. The molecule has 2 N–H and O–H groups in total. The Labute approximate surface area is 145 Å². The van der Waals surface area contributed by atoms with E-state index in [2.05, 4.69) is 10.6 Å². The standard InChI is InChI=1S/C16H20ClN3O2S/c17-12-5-3-11(4-6-12)16(22)20-10-23-9-14(20)15(21)19-8-13-2-1-7-18-13/h3-6,13-14,18H,1-2,7-10H2,(H,19,21). The quantitative estimate of drug-likeness (QED) is 0.865. The average molecular weight is 354 g/mol. The van der Waals surface area contributed by atoms with Crippen LogP contribution in [0, 0.1) is 0 Å². The van der Waals surface area contributed by atoms with E-state index in [0.29, 0.717) is 34.8 Å². The van der Waals surface area contributed by atoms with Crippen LogP contribution in [0.2, 0.25) is 5.02 Å². The number of hydrogen-bond acceptors (Lipinski definition) is 4. The maximum Gasteiger partial charge on any atom is 0.255 e. The molecule has 3 rings (SSSR count). The Morgan fingerprint density at radius 2 is 2.13 bits per heavy atom. The molecule has 124 valence electrons. The van der Waals surface area contributed by atoms with Gasteiger partial charge in [-0.2, -0.15) is 0 Å². The third-order valence-electron chi connectivity index (χ3n) is 4.22. The number of nitrogens with one attached hydrogen (secondary N) is 2. The van der Waals surface area contributed by atoms with E-state index in [-0.39, 0.29) is 11.8 Å². The molecule has 0 aliphatic carbocycles. The monoisotopic (exact) mass is 353 g/mol. The van der Waals surface area contributed by atoms with Gasteiger partial charge in [-0.15, -0.1) is 11.8 Å². The SMILES string of the molecule is O=C(NCC1CCCN1)C1CSCN1C(=O)c1ccc(Cl)cc1. The Morgan fingerprint density at radius 3 is 2.83 bits per heavy atom. The summed E-state index contributed by atoms with van der Waals surface area (Å²) in [5.41, 5.74) is 0.562. The minimum absolute atomic E-state index is 0.0639. The molecule has 0 radical (unpaired) electrons. The van der Waals surface area contributed by atoms with Crippen LogP contribution in [0.3, 0.4) is 0 Å². The number of amides is 2. The van der Waals surface area contributed by atoms with Crippen LogP contribution >= 0.6 is 23.4 Å². The van der Waals surface area contributed by atoms with E-state index in [9.17, 15) is 9.59 Å². The van der Waals surface area contributed by atoms with E-state index in [1.165, 1.54) is 0 Å². The predicted octanol–water partition coefficient (Wildman–Crippen LogP) is 1.72. The van der Waals surface area contributed by atoms with Gasteiger partial charge in [-0.1, -0.05) is 11.6 Å². The van der Waals surface area contributed by atoms with Gasteiger partial charge in [0.15, 0.2) is 0 Å². The van der Waals surface area contributed by atoms with Crippen molar-refractivity contribution in [1.82, 2.24) is 15.5 Å². The summed E-state index contributed by atoms with van der Waals surface area (Å²) in [5.74, 6) is 1.00. The minimum atomic E-state index is -0.399. The third-order valence-corrected chi connectivity index (χ3v) is 5.49. The summed E-state index contributed by atoms with van der Waals surface area (Å²) >= 11 is 7.46. The van der Waals surface area contributed by atoms with Gasteiger partial charge in [-0.3, -0.25) is 9.59 Å². The van der Waals surface area contributed by atoms with Gasteiger partial charge in [-0.05, 0) is 43.7 Å². The summed E-state index contributed by atoms with van der Waals surface area (Å²) in [4.78, 5) is 26.7. The first-order valence-electron chi connectivity index (χ1n) is 7.80. The van der Waals surface area contributed by atoms with Crippen molar-refractivity contribution in [2.75, 3.05) is 24.7 Å². The lowest BCUT2D eigenvalue weighted by Gasteiger charge is -2.24. The zero-order valence-corrected chi connectivity index (χ0v) is 14.3. The van der Waals surface area contributed by atoms with Gasteiger partial charge < -0.3 is 15.5 Å². The molecular formula is C16H20ClN3O2S. The van der Waals surface area contributed by atoms with E-state index in [0.717, 1.165) is 19.4 Å². The van der Waals surface area contributed by atoms with E-state index in [1.54, 1.807) is 40.9 Å². The van der Waals surface area contributed by atoms with Crippen molar-refractivity contribution in [2.24, 2.45) is 0 Å². The van der Waals surface area contributed by atoms with Crippen LogP contribution < -0.4 is 10.6 Å².